The van der Waals surface area contributed by atoms with E-state index in [4.69, 9.17) is 10.7 Å². The first-order chi connectivity index (χ1) is 17.2. The lowest BCUT2D eigenvalue weighted by Gasteiger charge is -2.36. The van der Waals surface area contributed by atoms with Crippen molar-refractivity contribution in [3.63, 3.8) is 0 Å². The van der Waals surface area contributed by atoms with Gasteiger partial charge in [-0.15, -0.1) is 0 Å². The number of hydrogen-bond acceptors (Lipinski definition) is 7. The van der Waals surface area contributed by atoms with Gasteiger partial charge in [0, 0.05) is 24.2 Å². The van der Waals surface area contributed by atoms with Crippen LogP contribution in [0.3, 0.4) is 0 Å². The molecule has 0 atom stereocenters. The Kier molecular flexibility index (Phi) is 6.82. The van der Waals surface area contributed by atoms with Gasteiger partial charge in [0.2, 0.25) is 11.9 Å². The molecule has 0 unspecified atom stereocenters. The van der Waals surface area contributed by atoms with Crippen LogP contribution in [0, 0.1) is 17.6 Å². The molecular weight excluding hydrogens is 464 g/mol. The summed E-state index contributed by atoms with van der Waals surface area (Å²) in [6.07, 6.45) is 8.94. The summed E-state index contributed by atoms with van der Waals surface area (Å²) in [7, 11) is 0. The summed E-state index contributed by atoms with van der Waals surface area (Å²) >= 11 is 0. The van der Waals surface area contributed by atoms with Gasteiger partial charge in [0.1, 0.15) is 17.2 Å². The quantitative estimate of drug-likeness (QED) is 0.376. The zero-order chi connectivity index (χ0) is 25.4. The average molecular weight is 500 g/mol. The van der Waals surface area contributed by atoms with E-state index < -0.39 is 17.2 Å². The van der Waals surface area contributed by atoms with Crippen molar-refractivity contribution in [3.8, 4) is 0 Å². The van der Waals surface area contributed by atoms with Crippen molar-refractivity contribution in [1.82, 2.24) is 19.5 Å². The molecule has 2 aliphatic carbocycles. The largest absolute Gasteiger partial charge is 0.390 e. The molecule has 2 heterocycles. The Hall–Kier alpha value is -2.85. The predicted octanol–water partition coefficient (Wildman–Crippen LogP) is 5.03. The topological polar surface area (TPSA) is 114 Å². The number of hydrogen-bond donors (Lipinski definition) is 4. The van der Waals surface area contributed by atoms with E-state index in [2.05, 4.69) is 20.6 Å². The summed E-state index contributed by atoms with van der Waals surface area (Å²) in [5.41, 5.74) is 6.72. The molecule has 1 aromatic carbocycles. The maximum Gasteiger partial charge on any atom is 0.224 e. The molecule has 5 rings (SSSR count). The molecule has 8 nitrogen and oxygen atoms in total. The van der Waals surface area contributed by atoms with Crippen molar-refractivity contribution in [3.05, 3.63) is 36.0 Å². The van der Waals surface area contributed by atoms with Crippen LogP contribution in [0.2, 0.25) is 0 Å². The Bertz CT molecular complexity index is 1210. The molecule has 0 saturated heterocycles. The first-order valence-electron chi connectivity index (χ1n) is 12.9. The number of benzene rings is 1. The molecule has 0 amide bonds. The second-order valence-electron chi connectivity index (χ2n) is 10.9. The van der Waals surface area contributed by atoms with E-state index in [0.29, 0.717) is 23.1 Å². The highest BCUT2D eigenvalue weighted by molar-refractivity contribution is 5.76. The normalized spacial score (nSPS) is 25.2. The van der Waals surface area contributed by atoms with Crippen molar-refractivity contribution < 1.29 is 13.9 Å². The van der Waals surface area contributed by atoms with Crippen LogP contribution in [0.15, 0.2) is 24.4 Å². The number of halogens is 2. The van der Waals surface area contributed by atoms with E-state index in [1.807, 2.05) is 18.4 Å². The highest BCUT2D eigenvalue weighted by Crippen LogP contribution is 2.40. The summed E-state index contributed by atoms with van der Waals surface area (Å²) in [6.45, 7) is 3.72. The van der Waals surface area contributed by atoms with Crippen molar-refractivity contribution >= 4 is 28.7 Å². The zero-order valence-corrected chi connectivity index (χ0v) is 20.8. The minimum Gasteiger partial charge on any atom is -0.390 e. The van der Waals surface area contributed by atoms with Crippen LogP contribution in [-0.2, 0) is 0 Å². The first kappa shape index (κ1) is 24.8. The Labute approximate surface area is 209 Å². The summed E-state index contributed by atoms with van der Waals surface area (Å²) in [5.74, 6) is -0.143. The maximum absolute atomic E-state index is 14.5. The molecule has 0 spiro atoms. The monoisotopic (exact) mass is 499 g/mol. The van der Waals surface area contributed by atoms with Crippen LogP contribution in [-0.4, -0.2) is 42.3 Å². The Balaban J connectivity index is 1.48. The number of fused-ring (bicyclic) bond motifs is 1. The minimum absolute atomic E-state index is 0.0649. The van der Waals surface area contributed by atoms with Crippen molar-refractivity contribution in [1.29, 1.82) is 0 Å². The lowest BCUT2D eigenvalue weighted by molar-refractivity contribution is -0.00457. The molecule has 3 aromatic rings. The number of anilines is 3. The van der Waals surface area contributed by atoms with Crippen LogP contribution in [0.4, 0.5) is 26.4 Å². The molecule has 0 bridgehead atoms. The standard InChI is InChI=1S/C26H35F2N7O/c1-26(2,36)15-3-10-19(11-4-15)35-23-22(33-25(35)32-21-12-5-16(27)13-20(21)28)14-30-24(34-23)31-18-8-6-17(29)7-9-18/h5,12-15,17-19,36H,3-4,6-11,29H2,1-2H3,(H,32,33)(H,30,31,34)/t15-,17-,18-,19+. The average Bonchev–Trinajstić information content (AvgIpc) is 3.19. The Morgan fingerprint density at radius 3 is 2.42 bits per heavy atom. The fourth-order valence-corrected chi connectivity index (χ4v) is 5.59. The lowest BCUT2D eigenvalue weighted by atomic mass is 9.77. The molecule has 0 aliphatic heterocycles. The van der Waals surface area contributed by atoms with Gasteiger partial charge < -0.3 is 21.5 Å². The summed E-state index contributed by atoms with van der Waals surface area (Å²) in [4.78, 5) is 14.0. The molecular formula is C26H35F2N7O. The van der Waals surface area contributed by atoms with E-state index in [-0.39, 0.29) is 29.7 Å². The van der Waals surface area contributed by atoms with Crippen molar-refractivity contribution in [2.75, 3.05) is 10.6 Å². The van der Waals surface area contributed by atoms with Gasteiger partial charge in [-0.05, 0) is 83.3 Å². The van der Waals surface area contributed by atoms with E-state index in [0.717, 1.165) is 57.4 Å². The van der Waals surface area contributed by atoms with Gasteiger partial charge in [0.15, 0.2) is 5.65 Å². The van der Waals surface area contributed by atoms with Crippen LogP contribution < -0.4 is 16.4 Å². The fourth-order valence-electron chi connectivity index (χ4n) is 5.59. The summed E-state index contributed by atoms with van der Waals surface area (Å²) < 4.78 is 30.0. The van der Waals surface area contributed by atoms with Crippen LogP contribution in [0.5, 0.6) is 0 Å². The highest BCUT2D eigenvalue weighted by Gasteiger charge is 2.33. The number of nitrogens with zero attached hydrogens (tertiary/aromatic N) is 4. The minimum atomic E-state index is -0.734. The molecule has 5 N–H and O–H groups in total. The molecule has 10 heteroatoms. The number of aromatic nitrogens is 4. The van der Waals surface area contributed by atoms with Crippen molar-refractivity contribution in [2.24, 2.45) is 11.7 Å². The third-order valence-corrected chi connectivity index (χ3v) is 7.78. The van der Waals surface area contributed by atoms with E-state index in [1.54, 1.807) is 6.20 Å². The number of nitrogens with two attached hydrogens (primary N) is 1. The van der Waals surface area contributed by atoms with E-state index in [9.17, 15) is 13.9 Å². The van der Waals surface area contributed by atoms with Crippen LogP contribution in [0.1, 0.15) is 71.3 Å². The first-order valence-corrected chi connectivity index (χ1v) is 12.9. The Morgan fingerprint density at radius 1 is 1.03 bits per heavy atom. The molecule has 2 aliphatic rings. The number of rotatable bonds is 6. The SMILES string of the molecule is CC(C)(O)[C@H]1CC[C@@H](n2c(Nc3ccc(F)cc3F)nc3cnc(N[C@H]4CC[C@H](N)CC4)nc32)CC1. The van der Waals surface area contributed by atoms with Crippen LogP contribution in [0.25, 0.3) is 11.2 Å². The Morgan fingerprint density at radius 2 is 1.75 bits per heavy atom. The number of aliphatic hydroxyl groups is 1. The molecule has 0 radical (unpaired) electrons. The highest BCUT2D eigenvalue weighted by atomic mass is 19.1. The van der Waals surface area contributed by atoms with Gasteiger partial charge in [0.05, 0.1) is 17.5 Å². The van der Waals surface area contributed by atoms with E-state index >= 15 is 0 Å². The van der Waals surface area contributed by atoms with Gasteiger partial charge in [0.25, 0.3) is 0 Å². The fraction of sp³-hybridized carbons (Fsp3) is 0.577. The van der Waals surface area contributed by atoms with E-state index in [1.165, 1.54) is 12.1 Å². The molecule has 194 valence electrons. The second-order valence-corrected chi connectivity index (χ2v) is 10.9. The molecule has 36 heavy (non-hydrogen) atoms. The summed E-state index contributed by atoms with van der Waals surface area (Å²) in [5, 5.41) is 17.0. The third-order valence-electron chi connectivity index (χ3n) is 7.78. The van der Waals surface area contributed by atoms with Gasteiger partial charge in [-0.1, -0.05) is 0 Å². The van der Waals surface area contributed by atoms with Gasteiger partial charge in [-0.25, -0.2) is 18.7 Å². The van der Waals surface area contributed by atoms with Crippen molar-refractivity contribution in [2.45, 2.75) is 88.9 Å². The van der Waals surface area contributed by atoms with Gasteiger partial charge in [-0.3, -0.25) is 4.57 Å². The third kappa shape index (κ3) is 5.29. The molecule has 2 fully saturated rings. The van der Waals surface area contributed by atoms with Gasteiger partial charge in [-0.2, -0.15) is 4.98 Å². The number of nitrogens with one attached hydrogen (secondary N) is 2. The smallest absolute Gasteiger partial charge is 0.224 e. The van der Waals surface area contributed by atoms with Gasteiger partial charge >= 0.3 is 0 Å². The number of imidazole rings is 1. The molecule has 2 aromatic heterocycles. The van der Waals surface area contributed by atoms with Crippen LogP contribution >= 0.6 is 0 Å². The summed E-state index contributed by atoms with van der Waals surface area (Å²) in [6, 6.07) is 4.02. The molecule has 2 saturated carbocycles. The second kappa shape index (κ2) is 9.89. The lowest BCUT2D eigenvalue weighted by Crippen LogP contribution is -2.34. The zero-order valence-electron chi connectivity index (χ0n) is 20.8. The predicted molar refractivity (Wildman–Crippen MR) is 136 cm³/mol. The maximum atomic E-state index is 14.5.